The molecule has 0 bridgehead atoms. The van der Waals surface area contributed by atoms with Gasteiger partial charge in [-0.1, -0.05) is 20.8 Å². The Morgan fingerprint density at radius 1 is 1.16 bits per heavy atom. The minimum absolute atomic E-state index is 0.0443. The van der Waals surface area contributed by atoms with E-state index in [-0.39, 0.29) is 16.9 Å². The summed E-state index contributed by atoms with van der Waals surface area (Å²) < 4.78 is 0. The number of hydrogen-bond donors (Lipinski definition) is 5. The first-order chi connectivity index (χ1) is 8.62. The highest BCUT2D eigenvalue weighted by molar-refractivity contribution is 5.72. The lowest BCUT2D eigenvalue weighted by Crippen LogP contribution is -2.53. The standard InChI is InChI=1S/C12H25N5O2/c1-11(2)4-8(16-9(13)18)5-12(3,6-11)7-15-17-10(14)19/h8,15H,4-7H2,1-3H3,(H3,13,16,18)(H3,14,17,19). The fourth-order valence-electron chi connectivity index (χ4n) is 3.42. The van der Waals surface area contributed by atoms with E-state index < -0.39 is 12.1 Å². The number of nitrogens with one attached hydrogen (secondary N) is 3. The molecule has 2 atom stereocenters. The van der Waals surface area contributed by atoms with Crippen LogP contribution in [0.1, 0.15) is 40.0 Å². The quantitative estimate of drug-likeness (QED) is 0.476. The Morgan fingerprint density at radius 3 is 2.32 bits per heavy atom. The van der Waals surface area contributed by atoms with E-state index >= 15 is 0 Å². The van der Waals surface area contributed by atoms with Gasteiger partial charge in [0, 0.05) is 12.6 Å². The van der Waals surface area contributed by atoms with Crippen molar-refractivity contribution in [3.05, 3.63) is 0 Å². The number of carbonyl (C=O) groups is 2. The van der Waals surface area contributed by atoms with Crippen molar-refractivity contribution in [1.82, 2.24) is 16.2 Å². The molecule has 4 amide bonds. The van der Waals surface area contributed by atoms with Gasteiger partial charge in [0.25, 0.3) is 0 Å². The Bertz CT molecular complexity index is 358. The van der Waals surface area contributed by atoms with Crippen molar-refractivity contribution in [2.75, 3.05) is 6.54 Å². The first-order valence-corrected chi connectivity index (χ1v) is 6.46. The summed E-state index contributed by atoms with van der Waals surface area (Å²) in [5, 5.41) is 2.79. The summed E-state index contributed by atoms with van der Waals surface area (Å²) >= 11 is 0. The molecule has 0 spiro atoms. The monoisotopic (exact) mass is 271 g/mol. The molecule has 0 heterocycles. The molecule has 0 aromatic heterocycles. The van der Waals surface area contributed by atoms with E-state index in [9.17, 15) is 9.59 Å². The number of hydrogen-bond acceptors (Lipinski definition) is 3. The van der Waals surface area contributed by atoms with Gasteiger partial charge >= 0.3 is 12.1 Å². The van der Waals surface area contributed by atoms with Crippen LogP contribution in [-0.4, -0.2) is 24.6 Å². The molecule has 1 aliphatic carbocycles. The Morgan fingerprint density at radius 2 is 1.79 bits per heavy atom. The van der Waals surface area contributed by atoms with Gasteiger partial charge in [0.15, 0.2) is 0 Å². The number of primary amides is 2. The molecule has 0 aromatic carbocycles. The maximum absolute atomic E-state index is 11.0. The molecule has 110 valence electrons. The van der Waals surface area contributed by atoms with Crippen LogP contribution in [0.4, 0.5) is 9.59 Å². The van der Waals surface area contributed by atoms with Gasteiger partial charge in [-0.15, -0.1) is 0 Å². The Kier molecular flexibility index (Phi) is 4.62. The molecule has 7 N–H and O–H groups in total. The van der Waals surface area contributed by atoms with Crippen LogP contribution in [-0.2, 0) is 0 Å². The third kappa shape index (κ3) is 5.34. The van der Waals surface area contributed by atoms with Gasteiger partial charge in [0.1, 0.15) is 0 Å². The minimum Gasteiger partial charge on any atom is -0.352 e. The molecule has 7 heteroatoms. The third-order valence-corrected chi connectivity index (χ3v) is 3.52. The predicted octanol–water partition coefficient (Wildman–Crippen LogP) is 0.413. The second kappa shape index (κ2) is 5.64. The van der Waals surface area contributed by atoms with Gasteiger partial charge in [0.05, 0.1) is 0 Å². The van der Waals surface area contributed by atoms with E-state index in [1.165, 1.54) is 0 Å². The van der Waals surface area contributed by atoms with Crippen molar-refractivity contribution in [1.29, 1.82) is 0 Å². The van der Waals surface area contributed by atoms with Gasteiger partial charge in [-0.2, -0.15) is 0 Å². The van der Waals surface area contributed by atoms with Crippen molar-refractivity contribution < 1.29 is 9.59 Å². The number of carbonyl (C=O) groups excluding carboxylic acids is 2. The lowest BCUT2D eigenvalue weighted by molar-refractivity contribution is 0.0720. The molecule has 1 rings (SSSR count). The highest BCUT2D eigenvalue weighted by Crippen LogP contribution is 2.45. The summed E-state index contributed by atoms with van der Waals surface area (Å²) in [6.45, 7) is 7.05. The summed E-state index contributed by atoms with van der Waals surface area (Å²) in [6, 6.07) is -1.04. The number of hydrazine groups is 1. The molecular formula is C12H25N5O2. The van der Waals surface area contributed by atoms with Gasteiger partial charge in [-0.05, 0) is 30.1 Å². The smallest absolute Gasteiger partial charge is 0.326 e. The van der Waals surface area contributed by atoms with Crippen molar-refractivity contribution in [2.45, 2.75) is 46.1 Å². The highest BCUT2D eigenvalue weighted by atomic mass is 16.2. The van der Waals surface area contributed by atoms with E-state index in [1.807, 2.05) is 0 Å². The average Bonchev–Trinajstić information content (AvgIpc) is 2.10. The molecule has 1 saturated carbocycles. The second-order valence-corrected chi connectivity index (χ2v) is 6.61. The molecule has 0 saturated heterocycles. The molecule has 19 heavy (non-hydrogen) atoms. The van der Waals surface area contributed by atoms with Crippen LogP contribution in [0.2, 0.25) is 0 Å². The van der Waals surface area contributed by atoms with Gasteiger partial charge in [-0.25, -0.2) is 15.0 Å². The van der Waals surface area contributed by atoms with Crippen molar-refractivity contribution in [3.63, 3.8) is 0 Å². The maximum Gasteiger partial charge on any atom is 0.326 e. The Labute approximate surface area is 113 Å². The van der Waals surface area contributed by atoms with Crippen LogP contribution >= 0.6 is 0 Å². The first-order valence-electron chi connectivity index (χ1n) is 6.46. The summed E-state index contributed by atoms with van der Waals surface area (Å²) in [7, 11) is 0. The zero-order chi connectivity index (χ0) is 14.7. The number of rotatable bonds is 4. The zero-order valence-electron chi connectivity index (χ0n) is 11.9. The lowest BCUT2D eigenvalue weighted by Gasteiger charge is -2.46. The van der Waals surface area contributed by atoms with E-state index in [0.717, 1.165) is 19.3 Å². The molecule has 0 aliphatic heterocycles. The SMILES string of the molecule is CC1(C)CC(NC(N)=O)CC(C)(CNNC(N)=O)C1. The molecule has 7 nitrogen and oxygen atoms in total. The zero-order valence-corrected chi connectivity index (χ0v) is 11.9. The summed E-state index contributed by atoms with van der Waals surface area (Å²) in [5.41, 5.74) is 15.5. The Hall–Kier alpha value is -1.50. The molecule has 2 unspecified atom stereocenters. The molecule has 1 aliphatic rings. The lowest BCUT2D eigenvalue weighted by atomic mass is 9.62. The maximum atomic E-state index is 11.0. The van der Waals surface area contributed by atoms with Gasteiger partial charge in [-0.3, -0.25) is 5.43 Å². The van der Waals surface area contributed by atoms with Crippen molar-refractivity contribution >= 4 is 12.1 Å². The minimum atomic E-state index is -0.606. The summed E-state index contributed by atoms with van der Waals surface area (Å²) in [6.07, 6.45) is 2.70. The second-order valence-electron chi connectivity index (χ2n) is 6.61. The topological polar surface area (TPSA) is 122 Å². The number of nitrogens with two attached hydrogens (primary N) is 2. The van der Waals surface area contributed by atoms with Crippen LogP contribution in [0.15, 0.2) is 0 Å². The molecule has 0 aromatic rings. The summed E-state index contributed by atoms with van der Waals surface area (Å²) in [5.74, 6) is 0. The van der Waals surface area contributed by atoms with E-state index in [2.05, 4.69) is 36.9 Å². The van der Waals surface area contributed by atoms with Gasteiger partial charge < -0.3 is 16.8 Å². The van der Waals surface area contributed by atoms with E-state index in [4.69, 9.17) is 11.5 Å². The largest absolute Gasteiger partial charge is 0.352 e. The Balaban J connectivity index is 2.64. The summed E-state index contributed by atoms with van der Waals surface area (Å²) in [4.78, 5) is 21.7. The van der Waals surface area contributed by atoms with Gasteiger partial charge in [0.2, 0.25) is 0 Å². The number of urea groups is 2. The highest BCUT2D eigenvalue weighted by Gasteiger charge is 2.41. The van der Waals surface area contributed by atoms with Crippen LogP contribution in [0.25, 0.3) is 0 Å². The van der Waals surface area contributed by atoms with Crippen LogP contribution in [0.5, 0.6) is 0 Å². The predicted molar refractivity (Wildman–Crippen MR) is 73.0 cm³/mol. The number of amides is 4. The fourth-order valence-corrected chi connectivity index (χ4v) is 3.42. The first kappa shape index (κ1) is 15.6. The fraction of sp³-hybridized carbons (Fsp3) is 0.833. The normalized spacial score (nSPS) is 29.5. The third-order valence-electron chi connectivity index (χ3n) is 3.52. The average molecular weight is 271 g/mol. The molecular weight excluding hydrogens is 246 g/mol. The molecule has 1 fully saturated rings. The van der Waals surface area contributed by atoms with Crippen LogP contribution in [0, 0.1) is 10.8 Å². The molecule has 0 radical (unpaired) electrons. The van der Waals surface area contributed by atoms with E-state index in [1.54, 1.807) is 0 Å². The van der Waals surface area contributed by atoms with Crippen molar-refractivity contribution in [2.24, 2.45) is 22.3 Å². The van der Waals surface area contributed by atoms with E-state index in [0.29, 0.717) is 6.54 Å². The van der Waals surface area contributed by atoms with Crippen LogP contribution in [0.3, 0.4) is 0 Å². The van der Waals surface area contributed by atoms with Crippen LogP contribution < -0.4 is 27.6 Å². The van der Waals surface area contributed by atoms with Crippen molar-refractivity contribution in [3.8, 4) is 0 Å².